The Morgan fingerprint density at radius 1 is 1.25 bits per heavy atom. The van der Waals surface area contributed by atoms with Gasteiger partial charge in [0, 0.05) is 12.1 Å². The first-order chi connectivity index (χ1) is 5.61. The molecule has 0 saturated heterocycles. The van der Waals surface area contributed by atoms with E-state index in [1.165, 1.54) is 5.56 Å². The lowest BCUT2D eigenvalue weighted by Gasteiger charge is -2.04. The maximum atomic E-state index is 10.5. The van der Waals surface area contributed by atoms with Crippen molar-refractivity contribution in [2.45, 2.75) is 19.8 Å². The number of hydrogen-bond donors (Lipinski definition) is 1. The minimum atomic E-state index is 0.115. The van der Waals surface area contributed by atoms with E-state index in [-0.39, 0.29) is 4.86 Å². The SMILES string of the molecule is CC(C)c1ccc([N+](=N)[O-])cc1. The Kier molecular flexibility index (Phi) is 2.43. The molecule has 0 aliphatic rings. The molecule has 0 saturated carbocycles. The number of hydrogen-bond acceptors (Lipinski definition) is 2. The van der Waals surface area contributed by atoms with Crippen molar-refractivity contribution in [3.63, 3.8) is 0 Å². The summed E-state index contributed by atoms with van der Waals surface area (Å²) in [7, 11) is 0. The molecule has 1 aromatic carbocycles. The van der Waals surface area contributed by atoms with Crippen LogP contribution in [0.25, 0.3) is 0 Å². The average molecular weight is 164 g/mol. The molecule has 1 rings (SSSR count). The van der Waals surface area contributed by atoms with Crippen LogP contribution >= 0.6 is 0 Å². The van der Waals surface area contributed by atoms with Gasteiger partial charge in [0.05, 0.1) is 0 Å². The molecule has 0 amide bonds. The fraction of sp³-hybridized carbons (Fsp3) is 0.333. The lowest BCUT2D eigenvalue weighted by atomic mass is 10.0. The van der Waals surface area contributed by atoms with Crippen molar-refractivity contribution in [2.24, 2.45) is 0 Å². The van der Waals surface area contributed by atoms with E-state index in [4.69, 9.17) is 5.53 Å². The Labute approximate surface area is 71.7 Å². The molecule has 0 bridgehead atoms. The second-order valence-electron chi connectivity index (χ2n) is 3.04. The van der Waals surface area contributed by atoms with Gasteiger partial charge in [-0.25, -0.2) is 0 Å². The minimum absolute atomic E-state index is 0.115. The van der Waals surface area contributed by atoms with Gasteiger partial charge in [-0.15, -0.1) is 0 Å². The summed E-state index contributed by atoms with van der Waals surface area (Å²) in [5, 5.41) is 10.5. The molecule has 64 valence electrons. The molecule has 12 heavy (non-hydrogen) atoms. The van der Waals surface area contributed by atoms with E-state index in [2.05, 4.69) is 13.8 Å². The van der Waals surface area contributed by atoms with Crippen LogP contribution in [0.5, 0.6) is 0 Å². The van der Waals surface area contributed by atoms with Crippen LogP contribution in [-0.2, 0) is 0 Å². The molecule has 0 atom stereocenters. The van der Waals surface area contributed by atoms with Gasteiger partial charge >= 0.3 is 0 Å². The molecule has 0 aliphatic heterocycles. The summed E-state index contributed by atoms with van der Waals surface area (Å²) >= 11 is 0. The van der Waals surface area contributed by atoms with Crippen LogP contribution in [-0.4, -0.2) is 4.86 Å². The van der Waals surface area contributed by atoms with Crippen molar-refractivity contribution in [2.75, 3.05) is 0 Å². The van der Waals surface area contributed by atoms with Crippen LogP contribution in [0.4, 0.5) is 5.69 Å². The van der Waals surface area contributed by atoms with Gasteiger partial charge in [0.25, 0.3) is 0 Å². The van der Waals surface area contributed by atoms with Gasteiger partial charge < -0.3 is 5.21 Å². The summed E-state index contributed by atoms with van der Waals surface area (Å²) in [6.07, 6.45) is 0. The third kappa shape index (κ3) is 1.81. The fourth-order valence-electron chi connectivity index (χ4n) is 0.995. The summed E-state index contributed by atoms with van der Waals surface area (Å²) in [4.78, 5) is 0.115. The zero-order valence-electron chi connectivity index (χ0n) is 7.24. The number of nitrogens with zero attached hydrogens (tertiary/aromatic N) is 1. The van der Waals surface area contributed by atoms with Crippen molar-refractivity contribution in [1.29, 1.82) is 5.53 Å². The molecule has 0 radical (unpaired) electrons. The monoisotopic (exact) mass is 164 g/mol. The van der Waals surface area contributed by atoms with E-state index in [0.717, 1.165) is 0 Å². The Morgan fingerprint density at radius 2 is 1.75 bits per heavy atom. The zero-order chi connectivity index (χ0) is 9.14. The van der Waals surface area contributed by atoms with Gasteiger partial charge in [0.1, 0.15) is 0 Å². The normalized spacial score (nSPS) is 10.2. The third-order valence-electron chi connectivity index (χ3n) is 1.79. The zero-order valence-corrected chi connectivity index (χ0v) is 7.24. The topological polar surface area (TPSA) is 49.9 Å². The van der Waals surface area contributed by atoms with E-state index in [1.54, 1.807) is 12.1 Å². The summed E-state index contributed by atoms with van der Waals surface area (Å²) in [5.41, 5.74) is 8.33. The van der Waals surface area contributed by atoms with Gasteiger partial charge in [-0.1, -0.05) is 30.8 Å². The summed E-state index contributed by atoms with van der Waals surface area (Å²) in [6.45, 7) is 4.18. The van der Waals surface area contributed by atoms with E-state index in [9.17, 15) is 5.21 Å². The molecule has 0 fully saturated rings. The molecule has 1 N–H and O–H groups in total. The minimum Gasteiger partial charge on any atom is -0.594 e. The van der Waals surface area contributed by atoms with Crippen molar-refractivity contribution in [1.82, 2.24) is 0 Å². The summed E-state index contributed by atoms with van der Waals surface area (Å²) in [5.74, 6) is 0.463. The third-order valence-corrected chi connectivity index (χ3v) is 1.79. The smallest absolute Gasteiger partial charge is 0.244 e. The molecule has 0 unspecified atom stereocenters. The van der Waals surface area contributed by atoms with E-state index in [0.29, 0.717) is 11.6 Å². The highest BCUT2D eigenvalue weighted by Gasteiger charge is 2.02. The highest BCUT2D eigenvalue weighted by atomic mass is 16.5. The summed E-state index contributed by atoms with van der Waals surface area (Å²) < 4.78 is 0. The Balaban J connectivity index is 2.93. The molecule has 0 aromatic heterocycles. The maximum absolute atomic E-state index is 10.5. The van der Waals surface area contributed by atoms with Crippen LogP contribution in [0.2, 0.25) is 0 Å². The second kappa shape index (κ2) is 3.34. The van der Waals surface area contributed by atoms with Crippen LogP contribution in [0.15, 0.2) is 24.3 Å². The van der Waals surface area contributed by atoms with E-state index in [1.807, 2.05) is 12.1 Å². The van der Waals surface area contributed by atoms with Crippen LogP contribution in [0.1, 0.15) is 25.3 Å². The molecule has 0 aliphatic carbocycles. The van der Waals surface area contributed by atoms with Gasteiger partial charge in [-0.3, -0.25) is 0 Å². The number of benzene rings is 1. The first kappa shape index (κ1) is 8.71. The Morgan fingerprint density at radius 3 is 2.08 bits per heavy atom. The van der Waals surface area contributed by atoms with Crippen molar-refractivity contribution in [3.8, 4) is 0 Å². The van der Waals surface area contributed by atoms with Crippen LogP contribution in [0.3, 0.4) is 0 Å². The van der Waals surface area contributed by atoms with Crippen LogP contribution in [0, 0.1) is 10.7 Å². The highest BCUT2D eigenvalue weighted by Crippen LogP contribution is 2.17. The predicted molar refractivity (Wildman–Crippen MR) is 46.5 cm³/mol. The summed E-state index contributed by atoms with van der Waals surface area (Å²) in [6, 6.07) is 7.07. The van der Waals surface area contributed by atoms with Crippen molar-refractivity contribution >= 4 is 5.69 Å². The second-order valence-corrected chi connectivity index (χ2v) is 3.04. The molecule has 1 aromatic rings. The Hall–Kier alpha value is -1.38. The van der Waals surface area contributed by atoms with Crippen LogP contribution < -0.4 is 0 Å². The Bertz CT molecular complexity index is 277. The highest BCUT2D eigenvalue weighted by molar-refractivity contribution is 5.33. The maximum Gasteiger partial charge on any atom is 0.244 e. The lowest BCUT2D eigenvalue weighted by molar-refractivity contribution is -0.465. The first-order valence-electron chi connectivity index (χ1n) is 3.89. The quantitative estimate of drug-likeness (QED) is 0.407. The predicted octanol–water partition coefficient (Wildman–Crippen LogP) is 2.98. The van der Waals surface area contributed by atoms with E-state index >= 15 is 0 Å². The average Bonchev–Trinajstić information content (AvgIpc) is 2.04. The standard InChI is InChI=1S/C9H12N2O/c1-7(2)8-3-5-9(6-4-8)11(10)12/h3-7,10H,1-2H3. The number of rotatable bonds is 2. The first-order valence-corrected chi connectivity index (χ1v) is 3.89. The number of nitrogens with one attached hydrogen (secondary N) is 1. The van der Waals surface area contributed by atoms with Crippen molar-refractivity contribution < 1.29 is 4.86 Å². The molecule has 0 heterocycles. The van der Waals surface area contributed by atoms with Gasteiger partial charge in [-0.05, 0) is 17.0 Å². The molecular weight excluding hydrogens is 152 g/mol. The lowest BCUT2D eigenvalue weighted by Crippen LogP contribution is -1.90. The molecule has 3 nitrogen and oxygen atoms in total. The van der Waals surface area contributed by atoms with Gasteiger partial charge in [0.2, 0.25) is 5.69 Å². The molecular formula is C9H12N2O. The van der Waals surface area contributed by atoms with E-state index < -0.39 is 0 Å². The molecule has 3 heteroatoms. The largest absolute Gasteiger partial charge is 0.594 e. The van der Waals surface area contributed by atoms with Gasteiger partial charge in [-0.2, -0.15) is 0 Å². The fourth-order valence-corrected chi connectivity index (χ4v) is 0.995. The van der Waals surface area contributed by atoms with Gasteiger partial charge in [0.15, 0.2) is 0 Å². The molecule has 0 spiro atoms. The van der Waals surface area contributed by atoms with Crippen molar-refractivity contribution in [3.05, 3.63) is 35.0 Å².